The van der Waals surface area contributed by atoms with Gasteiger partial charge in [-0.1, -0.05) is 33.6 Å². The summed E-state index contributed by atoms with van der Waals surface area (Å²) in [5.74, 6) is 0.755. The highest BCUT2D eigenvalue weighted by molar-refractivity contribution is 5.83. The van der Waals surface area contributed by atoms with Gasteiger partial charge in [-0.15, -0.1) is 0 Å². The van der Waals surface area contributed by atoms with Crippen molar-refractivity contribution in [3.63, 3.8) is 0 Å². The molecule has 1 aliphatic heterocycles. The molecule has 3 atom stereocenters. The summed E-state index contributed by atoms with van der Waals surface area (Å²) in [6.45, 7) is 8.88. The fourth-order valence-corrected chi connectivity index (χ4v) is 3.79. The van der Waals surface area contributed by atoms with E-state index < -0.39 is 0 Å². The van der Waals surface area contributed by atoms with Crippen molar-refractivity contribution < 1.29 is 9.53 Å². The zero-order chi connectivity index (χ0) is 14.8. The molecule has 1 amide bonds. The first-order valence-electron chi connectivity index (χ1n) is 7.92. The zero-order valence-corrected chi connectivity index (χ0v) is 13.4. The molecule has 4 nitrogen and oxygen atoms in total. The number of hydrogen-bond acceptors (Lipinski definition) is 3. The number of ether oxygens (including phenoxy) is 1. The van der Waals surface area contributed by atoms with Crippen molar-refractivity contribution in [2.75, 3.05) is 26.7 Å². The monoisotopic (exact) mass is 282 g/mol. The van der Waals surface area contributed by atoms with E-state index in [1.165, 1.54) is 19.3 Å². The number of amides is 1. The van der Waals surface area contributed by atoms with Gasteiger partial charge in [0.1, 0.15) is 0 Å². The Balaban J connectivity index is 1.97. The predicted octanol–water partition coefficient (Wildman–Crippen LogP) is 1.94. The Morgan fingerprint density at radius 1 is 1.45 bits per heavy atom. The van der Waals surface area contributed by atoms with Crippen molar-refractivity contribution in [3.05, 3.63) is 0 Å². The maximum atomic E-state index is 12.7. The molecule has 1 saturated heterocycles. The number of hydrogen-bond donors (Lipinski definition) is 2. The van der Waals surface area contributed by atoms with Gasteiger partial charge in [0.15, 0.2) is 0 Å². The van der Waals surface area contributed by atoms with E-state index in [0.717, 1.165) is 19.5 Å². The van der Waals surface area contributed by atoms with Gasteiger partial charge in [0.2, 0.25) is 5.91 Å². The minimum Gasteiger partial charge on any atom is -0.379 e. The van der Waals surface area contributed by atoms with E-state index in [-0.39, 0.29) is 22.8 Å². The summed E-state index contributed by atoms with van der Waals surface area (Å²) in [6, 6.07) is 0. The maximum Gasteiger partial charge on any atom is 0.227 e. The standard InChI is InChI=1S/C16H30N2O2/c1-15(2,3)13(20-4)10-18-14(19)16-8-6-5-7-12(16)9-17-11-16/h12-13,17H,5-11H2,1-4H3,(H,18,19)/t12-,13?,16+/m0/s1. The van der Waals surface area contributed by atoms with Gasteiger partial charge in [-0.05, 0) is 30.7 Å². The van der Waals surface area contributed by atoms with Crippen molar-refractivity contribution in [1.82, 2.24) is 10.6 Å². The van der Waals surface area contributed by atoms with Crippen LogP contribution in [0.2, 0.25) is 0 Å². The Kier molecular flexibility index (Phi) is 4.75. The molecule has 0 aromatic heterocycles. The van der Waals surface area contributed by atoms with E-state index in [0.29, 0.717) is 12.5 Å². The topological polar surface area (TPSA) is 50.4 Å². The first kappa shape index (κ1) is 15.8. The lowest BCUT2D eigenvalue weighted by Crippen LogP contribution is -2.51. The van der Waals surface area contributed by atoms with Crippen LogP contribution in [0, 0.1) is 16.7 Å². The quantitative estimate of drug-likeness (QED) is 0.828. The molecular formula is C16H30N2O2. The third-order valence-electron chi connectivity index (χ3n) is 5.19. The van der Waals surface area contributed by atoms with Crippen LogP contribution in [0.5, 0.6) is 0 Å². The van der Waals surface area contributed by atoms with E-state index in [4.69, 9.17) is 4.74 Å². The summed E-state index contributed by atoms with van der Waals surface area (Å²) >= 11 is 0. The minimum absolute atomic E-state index is 0.0413. The summed E-state index contributed by atoms with van der Waals surface area (Å²) in [5, 5.41) is 6.59. The first-order chi connectivity index (χ1) is 9.40. The molecule has 0 aromatic rings. The minimum atomic E-state index is -0.158. The molecule has 20 heavy (non-hydrogen) atoms. The average molecular weight is 282 g/mol. The summed E-state index contributed by atoms with van der Waals surface area (Å²) in [4.78, 5) is 12.7. The Bertz CT molecular complexity index is 351. The molecule has 2 aliphatic rings. The van der Waals surface area contributed by atoms with Crippen LogP contribution >= 0.6 is 0 Å². The Morgan fingerprint density at radius 3 is 2.85 bits per heavy atom. The van der Waals surface area contributed by atoms with Crippen LogP contribution in [0.4, 0.5) is 0 Å². The number of rotatable bonds is 4. The molecule has 1 saturated carbocycles. The molecule has 0 spiro atoms. The van der Waals surface area contributed by atoms with Gasteiger partial charge >= 0.3 is 0 Å². The van der Waals surface area contributed by atoms with Gasteiger partial charge < -0.3 is 15.4 Å². The summed E-state index contributed by atoms with van der Waals surface area (Å²) in [5.41, 5.74) is -0.117. The number of carbonyl (C=O) groups excluding carboxylic acids is 1. The van der Waals surface area contributed by atoms with Crippen molar-refractivity contribution in [1.29, 1.82) is 0 Å². The number of methoxy groups -OCH3 is 1. The van der Waals surface area contributed by atoms with Crippen LogP contribution in [0.3, 0.4) is 0 Å². The fraction of sp³-hybridized carbons (Fsp3) is 0.938. The molecule has 4 heteroatoms. The van der Waals surface area contributed by atoms with Crippen LogP contribution in [-0.4, -0.2) is 38.8 Å². The second-order valence-corrected chi connectivity index (χ2v) is 7.53. The lowest BCUT2D eigenvalue weighted by Gasteiger charge is -2.38. The molecule has 2 fully saturated rings. The number of fused-ring (bicyclic) bond motifs is 1. The summed E-state index contributed by atoms with van der Waals surface area (Å²) in [6.07, 6.45) is 4.72. The lowest BCUT2D eigenvalue weighted by molar-refractivity contribution is -0.135. The third kappa shape index (κ3) is 3.01. The van der Waals surface area contributed by atoms with Crippen molar-refractivity contribution >= 4 is 5.91 Å². The largest absolute Gasteiger partial charge is 0.379 e. The number of nitrogens with one attached hydrogen (secondary N) is 2. The molecule has 1 heterocycles. The highest BCUT2D eigenvalue weighted by Crippen LogP contribution is 2.43. The van der Waals surface area contributed by atoms with E-state index in [1.54, 1.807) is 7.11 Å². The van der Waals surface area contributed by atoms with Gasteiger partial charge in [-0.2, -0.15) is 0 Å². The molecule has 2 N–H and O–H groups in total. The maximum absolute atomic E-state index is 12.7. The second-order valence-electron chi connectivity index (χ2n) is 7.53. The van der Waals surface area contributed by atoms with Gasteiger partial charge in [-0.25, -0.2) is 0 Å². The van der Waals surface area contributed by atoms with Crippen LogP contribution in [-0.2, 0) is 9.53 Å². The SMILES string of the molecule is COC(CNC(=O)[C@@]12CCCC[C@H]1CNC2)C(C)(C)C. The normalized spacial score (nSPS) is 31.7. The van der Waals surface area contributed by atoms with Gasteiger partial charge in [0.05, 0.1) is 11.5 Å². The predicted molar refractivity (Wildman–Crippen MR) is 80.5 cm³/mol. The average Bonchev–Trinajstić information content (AvgIpc) is 2.82. The van der Waals surface area contributed by atoms with Crippen molar-refractivity contribution in [3.8, 4) is 0 Å². The molecule has 0 bridgehead atoms. The van der Waals surface area contributed by atoms with Crippen molar-refractivity contribution in [2.24, 2.45) is 16.7 Å². The van der Waals surface area contributed by atoms with Crippen LogP contribution in [0.15, 0.2) is 0 Å². The van der Waals surface area contributed by atoms with Gasteiger partial charge in [-0.3, -0.25) is 4.79 Å². The second kappa shape index (κ2) is 6.02. The van der Waals surface area contributed by atoms with E-state index in [1.807, 2.05) is 0 Å². The molecule has 116 valence electrons. The van der Waals surface area contributed by atoms with Gasteiger partial charge in [0, 0.05) is 20.2 Å². The van der Waals surface area contributed by atoms with Crippen LogP contribution < -0.4 is 10.6 Å². The highest BCUT2D eigenvalue weighted by atomic mass is 16.5. The molecule has 1 unspecified atom stereocenters. The fourth-order valence-electron chi connectivity index (χ4n) is 3.79. The van der Waals surface area contributed by atoms with E-state index in [2.05, 4.69) is 31.4 Å². The molecular weight excluding hydrogens is 252 g/mol. The lowest BCUT2D eigenvalue weighted by atomic mass is 9.67. The molecule has 0 aromatic carbocycles. The number of carbonyl (C=O) groups is 1. The Labute approximate surface area is 123 Å². The van der Waals surface area contributed by atoms with E-state index >= 15 is 0 Å². The molecule has 2 rings (SSSR count). The van der Waals surface area contributed by atoms with Crippen molar-refractivity contribution in [2.45, 2.75) is 52.6 Å². The van der Waals surface area contributed by atoms with Gasteiger partial charge in [0.25, 0.3) is 0 Å². The Morgan fingerprint density at radius 2 is 2.20 bits per heavy atom. The third-order valence-corrected chi connectivity index (χ3v) is 5.19. The van der Waals surface area contributed by atoms with E-state index in [9.17, 15) is 4.79 Å². The zero-order valence-electron chi connectivity index (χ0n) is 13.4. The van der Waals surface area contributed by atoms with Crippen LogP contribution in [0.1, 0.15) is 46.5 Å². The summed E-state index contributed by atoms with van der Waals surface area (Å²) < 4.78 is 5.53. The summed E-state index contributed by atoms with van der Waals surface area (Å²) in [7, 11) is 1.72. The Hall–Kier alpha value is -0.610. The molecule has 0 radical (unpaired) electrons. The smallest absolute Gasteiger partial charge is 0.227 e. The molecule has 1 aliphatic carbocycles. The first-order valence-corrected chi connectivity index (χ1v) is 7.92. The highest BCUT2D eigenvalue weighted by Gasteiger charge is 2.49. The van der Waals surface area contributed by atoms with Crippen LogP contribution in [0.25, 0.3) is 0 Å².